The smallest absolute Gasteiger partial charge is 0.305 e. The maximum Gasteiger partial charge on any atom is 0.305 e. The number of carbonyl (C=O) groups excluding carboxylic acids is 2. The molecule has 4 atom stereocenters. The summed E-state index contributed by atoms with van der Waals surface area (Å²) in [5, 5.41) is 0. The Labute approximate surface area is 196 Å². The van der Waals surface area contributed by atoms with E-state index in [0.717, 1.165) is 31.6 Å². The van der Waals surface area contributed by atoms with Gasteiger partial charge in [0.25, 0.3) is 0 Å². The van der Waals surface area contributed by atoms with E-state index >= 15 is 0 Å². The summed E-state index contributed by atoms with van der Waals surface area (Å²) >= 11 is 0. The van der Waals surface area contributed by atoms with Gasteiger partial charge in [0.15, 0.2) is 0 Å². The molecule has 1 aliphatic rings. The number of hydrogen-bond acceptors (Lipinski definition) is 3. The van der Waals surface area contributed by atoms with E-state index in [0.29, 0.717) is 42.8 Å². The van der Waals surface area contributed by atoms with Crippen LogP contribution in [0.5, 0.6) is 0 Å². The predicted molar refractivity (Wildman–Crippen MR) is 133 cm³/mol. The van der Waals surface area contributed by atoms with Crippen molar-refractivity contribution in [1.29, 1.82) is 0 Å². The zero-order valence-corrected chi connectivity index (χ0v) is 21.9. The van der Waals surface area contributed by atoms with Crippen LogP contribution >= 0.6 is 0 Å². The van der Waals surface area contributed by atoms with E-state index in [1.54, 1.807) is 0 Å². The molecule has 0 aliphatic heterocycles. The quantitative estimate of drug-likeness (QED) is 0.342. The van der Waals surface area contributed by atoms with E-state index in [2.05, 4.69) is 48.5 Å². The second-order valence-electron chi connectivity index (χ2n) is 10.5. The molecule has 0 aromatic heterocycles. The van der Waals surface area contributed by atoms with Crippen molar-refractivity contribution in [1.82, 2.24) is 0 Å². The Kier molecular flexibility index (Phi) is 9.98. The Balaban J connectivity index is 1.97. The van der Waals surface area contributed by atoms with Gasteiger partial charge in [-0.05, 0) is 124 Å². The lowest BCUT2D eigenvalue weighted by atomic mass is 9.77. The van der Waals surface area contributed by atoms with Crippen LogP contribution in [0.4, 0.5) is 0 Å². The van der Waals surface area contributed by atoms with Crippen molar-refractivity contribution in [3.8, 4) is 0 Å². The first-order chi connectivity index (χ1) is 15.1. The highest BCUT2D eigenvalue weighted by Gasteiger charge is 2.35. The number of Topliss-reactive ketones (excluding diaryl/α,β-unsaturated/α-hetero) is 1. The van der Waals surface area contributed by atoms with Gasteiger partial charge in [-0.25, -0.2) is 0 Å². The molecule has 3 nitrogen and oxygen atoms in total. The normalized spacial score (nSPS) is 21.6. The largest absolute Gasteiger partial charge is 0.469 e. The van der Waals surface area contributed by atoms with Crippen LogP contribution < -0.4 is 0 Å². The Morgan fingerprint density at radius 1 is 0.844 bits per heavy atom. The number of ether oxygens (including phenoxy) is 1. The van der Waals surface area contributed by atoms with Crippen LogP contribution in [0, 0.1) is 58.3 Å². The highest BCUT2D eigenvalue weighted by Crippen LogP contribution is 2.44. The van der Waals surface area contributed by atoms with Gasteiger partial charge in [-0.15, -0.1) is 0 Å². The summed E-state index contributed by atoms with van der Waals surface area (Å²) in [5.41, 5.74) is 8.19. The Hall–Kier alpha value is -1.64. The molecule has 0 unspecified atom stereocenters. The van der Waals surface area contributed by atoms with E-state index < -0.39 is 0 Å². The molecule has 0 N–H and O–H groups in total. The summed E-state index contributed by atoms with van der Waals surface area (Å²) in [7, 11) is 1.46. The third-order valence-corrected chi connectivity index (χ3v) is 8.92. The molecule has 1 aromatic carbocycles. The van der Waals surface area contributed by atoms with Crippen molar-refractivity contribution < 1.29 is 14.3 Å². The average molecular weight is 443 g/mol. The van der Waals surface area contributed by atoms with Gasteiger partial charge in [-0.2, -0.15) is 0 Å². The lowest BCUT2D eigenvalue weighted by Gasteiger charge is -2.28. The molecule has 0 saturated heterocycles. The third kappa shape index (κ3) is 6.45. The van der Waals surface area contributed by atoms with Crippen LogP contribution in [0.2, 0.25) is 0 Å². The number of methoxy groups -OCH3 is 1. The van der Waals surface area contributed by atoms with Crippen LogP contribution in [0.3, 0.4) is 0 Å². The number of rotatable bonds is 11. The van der Waals surface area contributed by atoms with Crippen LogP contribution in [0.25, 0.3) is 0 Å². The molecule has 180 valence electrons. The van der Waals surface area contributed by atoms with Gasteiger partial charge in [0.1, 0.15) is 5.78 Å². The maximum absolute atomic E-state index is 12.9. The minimum absolute atomic E-state index is 0.123. The van der Waals surface area contributed by atoms with Crippen molar-refractivity contribution in [2.24, 2.45) is 23.7 Å². The summed E-state index contributed by atoms with van der Waals surface area (Å²) in [6.45, 7) is 15.7. The molecule has 0 radical (unpaired) electrons. The van der Waals surface area contributed by atoms with Crippen LogP contribution in [0.1, 0.15) is 98.6 Å². The van der Waals surface area contributed by atoms with Crippen molar-refractivity contribution in [3.05, 3.63) is 33.4 Å². The topological polar surface area (TPSA) is 43.4 Å². The minimum Gasteiger partial charge on any atom is -0.469 e. The number of esters is 1. The fourth-order valence-electron chi connectivity index (χ4n) is 5.94. The van der Waals surface area contributed by atoms with Crippen LogP contribution in [-0.4, -0.2) is 18.9 Å². The predicted octanol–water partition coefficient (Wildman–Crippen LogP) is 7.15. The molecule has 1 saturated carbocycles. The molecule has 1 fully saturated rings. The van der Waals surface area contributed by atoms with E-state index in [-0.39, 0.29) is 5.97 Å². The second-order valence-corrected chi connectivity index (χ2v) is 10.5. The number of hydrogen-bond donors (Lipinski definition) is 0. The van der Waals surface area contributed by atoms with Crippen molar-refractivity contribution in [2.75, 3.05) is 7.11 Å². The molecule has 32 heavy (non-hydrogen) atoms. The molecule has 1 aliphatic carbocycles. The molecule has 0 spiro atoms. The summed E-state index contributed by atoms with van der Waals surface area (Å²) in [6.07, 6.45) is 8.05. The summed E-state index contributed by atoms with van der Waals surface area (Å²) in [4.78, 5) is 24.5. The first-order valence-electron chi connectivity index (χ1n) is 12.7. The van der Waals surface area contributed by atoms with Gasteiger partial charge in [0, 0.05) is 19.3 Å². The minimum atomic E-state index is -0.123. The van der Waals surface area contributed by atoms with Gasteiger partial charge in [-0.1, -0.05) is 20.3 Å². The van der Waals surface area contributed by atoms with Crippen LogP contribution in [0.15, 0.2) is 0 Å². The molecule has 0 heterocycles. The van der Waals surface area contributed by atoms with Gasteiger partial charge in [0.2, 0.25) is 0 Å². The zero-order valence-electron chi connectivity index (χ0n) is 21.9. The van der Waals surface area contributed by atoms with E-state index in [4.69, 9.17) is 4.74 Å². The van der Waals surface area contributed by atoms with Gasteiger partial charge >= 0.3 is 5.97 Å². The average Bonchev–Trinajstić information content (AvgIpc) is 3.11. The summed E-state index contributed by atoms with van der Waals surface area (Å²) in [5.74, 6) is 2.95. The Bertz CT molecular complexity index is 778. The van der Waals surface area contributed by atoms with Gasteiger partial charge < -0.3 is 4.74 Å². The molecule has 2 rings (SSSR count). The lowest BCUT2D eigenvalue weighted by Crippen LogP contribution is -2.21. The first kappa shape index (κ1) is 26.6. The molecule has 3 heteroatoms. The molecule has 0 bridgehead atoms. The van der Waals surface area contributed by atoms with E-state index in [1.165, 1.54) is 53.3 Å². The van der Waals surface area contributed by atoms with Crippen molar-refractivity contribution >= 4 is 11.8 Å². The van der Waals surface area contributed by atoms with E-state index in [1.807, 2.05) is 0 Å². The summed E-state index contributed by atoms with van der Waals surface area (Å²) in [6, 6.07) is 0. The molecular formula is C29H46O3. The number of benzene rings is 1. The molecule has 1 aromatic rings. The number of carbonyl (C=O) groups is 2. The fourth-order valence-corrected chi connectivity index (χ4v) is 5.94. The maximum atomic E-state index is 12.9. The SMILES string of the molecule is COC(=O)CCC[C@@H](CCC(=O)CCc1c(C)c(C)c(C)c(C)c1C)[C@H]1CC[C@@H](C)[C@H]1C. The monoisotopic (exact) mass is 442 g/mol. The Morgan fingerprint density at radius 2 is 1.44 bits per heavy atom. The standard InChI is InChI=1S/C29H46O3/c1-18-12-16-28(19(18)2)25(10-9-11-29(31)32-8)13-14-26(30)15-17-27-23(6)21(4)20(3)22(5)24(27)7/h18-19,25,28H,9-17H2,1-8H3/t18-,19-,25+,28+/m1/s1. The van der Waals surface area contributed by atoms with Gasteiger partial charge in [-0.3, -0.25) is 9.59 Å². The first-order valence-corrected chi connectivity index (χ1v) is 12.7. The zero-order chi connectivity index (χ0) is 24.0. The molecular weight excluding hydrogens is 396 g/mol. The number of ketones is 1. The van der Waals surface area contributed by atoms with Gasteiger partial charge in [0.05, 0.1) is 7.11 Å². The second kappa shape index (κ2) is 12.0. The fraction of sp³-hybridized carbons (Fsp3) is 0.724. The van der Waals surface area contributed by atoms with Crippen LogP contribution in [-0.2, 0) is 20.7 Å². The Morgan fingerprint density at radius 3 is 1.97 bits per heavy atom. The molecule has 0 amide bonds. The lowest BCUT2D eigenvalue weighted by molar-refractivity contribution is -0.140. The summed E-state index contributed by atoms with van der Waals surface area (Å²) < 4.78 is 4.82. The van der Waals surface area contributed by atoms with Crippen molar-refractivity contribution in [3.63, 3.8) is 0 Å². The van der Waals surface area contributed by atoms with Crippen molar-refractivity contribution in [2.45, 2.75) is 106 Å². The highest BCUT2D eigenvalue weighted by molar-refractivity contribution is 5.78. The van der Waals surface area contributed by atoms with E-state index in [9.17, 15) is 9.59 Å². The third-order valence-electron chi connectivity index (χ3n) is 8.92. The highest BCUT2D eigenvalue weighted by atomic mass is 16.5.